The molecule has 0 aliphatic heterocycles. The number of hydrogen-bond donors (Lipinski definition) is 1. The lowest BCUT2D eigenvalue weighted by atomic mass is 10.1. The number of carbonyl (C=O) groups is 1. The van der Waals surface area contributed by atoms with Crippen LogP contribution in [0.3, 0.4) is 0 Å². The molecule has 0 bridgehead atoms. The maximum atomic E-state index is 12.0. The van der Waals surface area contributed by atoms with Crippen molar-refractivity contribution in [3.05, 3.63) is 41.2 Å². The molecule has 0 radical (unpaired) electrons. The van der Waals surface area contributed by atoms with Crippen LogP contribution in [0.1, 0.15) is 23.9 Å². The lowest BCUT2D eigenvalue weighted by Crippen LogP contribution is -2.21. The van der Waals surface area contributed by atoms with E-state index in [2.05, 4.69) is 20.5 Å². The van der Waals surface area contributed by atoms with Crippen molar-refractivity contribution in [1.82, 2.24) is 15.4 Å². The fraction of sp³-hybridized carbons (Fsp3) is 0.333. The van der Waals surface area contributed by atoms with Gasteiger partial charge in [-0.15, -0.1) is 0 Å². The molecule has 0 aliphatic rings. The van der Waals surface area contributed by atoms with Crippen molar-refractivity contribution < 1.29 is 14.3 Å². The van der Waals surface area contributed by atoms with E-state index in [9.17, 15) is 4.79 Å². The number of methoxy groups -OCH3 is 2. The number of benzene rings is 1. The molecule has 0 aliphatic carbocycles. The Hall–Kier alpha value is -2.61. The molecule has 26 heavy (non-hydrogen) atoms. The van der Waals surface area contributed by atoms with Gasteiger partial charge in [0, 0.05) is 17.0 Å². The average Bonchev–Trinajstić information content (AvgIpc) is 2.63. The number of hydrazone groups is 1. The van der Waals surface area contributed by atoms with Crippen LogP contribution in [-0.4, -0.2) is 41.6 Å². The second kappa shape index (κ2) is 9.19. The summed E-state index contributed by atoms with van der Waals surface area (Å²) in [6.45, 7) is 5.60. The van der Waals surface area contributed by atoms with Crippen molar-refractivity contribution in [2.75, 3.05) is 20.0 Å². The molecule has 0 unspecified atom stereocenters. The summed E-state index contributed by atoms with van der Waals surface area (Å²) in [5.74, 6) is 1.20. The topological polar surface area (TPSA) is 85.7 Å². The highest BCUT2D eigenvalue weighted by Gasteiger charge is 2.08. The molecule has 0 saturated heterocycles. The number of thioether (sulfide) groups is 1. The highest BCUT2D eigenvalue weighted by Crippen LogP contribution is 2.27. The van der Waals surface area contributed by atoms with Gasteiger partial charge in [0.2, 0.25) is 0 Å². The van der Waals surface area contributed by atoms with Gasteiger partial charge in [0.15, 0.2) is 16.7 Å². The van der Waals surface area contributed by atoms with E-state index in [4.69, 9.17) is 9.47 Å². The Morgan fingerprint density at radius 1 is 1.12 bits per heavy atom. The van der Waals surface area contributed by atoms with Gasteiger partial charge in [-0.2, -0.15) is 5.10 Å². The summed E-state index contributed by atoms with van der Waals surface area (Å²) >= 11 is 1.28. The Morgan fingerprint density at radius 3 is 2.38 bits per heavy atom. The third-order valence-electron chi connectivity index (χ3n) is 3.44. The molecule has 1 amide bonds. The largest absolute Gasteiger partial charge is 0.493 e. The SMILES string of the molecule is COc1ccc(C(C)=NNC(=O)CSc2nc(C)cc(C)n2)cc1OC. The predicted octanol–water partition coefficient (Wildman–Crippen LogP) is 2.74. The molecule has 1 heterocycles. The third-order valence-corrected chi connectivity index (χ3v) is 4.29. The first-order chi connectivity index (χ1) is 12.4. The molecule has 1 N–H and O–H groups in total. The molecule has 2 aromatic rings. The van der Waals surface area contributed by atoms with Crippen LogP contribution in [0.2, 0.25) is 0 Å². The number of carbonyl (C=O) groups excluding carboxylic acids is 1. The maximum Gasteiger partial charge on any atom is 0.250 e. The minimum absolute atomic E-state index is 0.186. The minimum Gasteiger partial charge on any atom is -0.493 e. The number of aryl methyl sites for hydroxylation is 2. The van der Waals surface area contributed by atoms with Crippen LogP contribution in [0, 0.1) is 13.8 Å². The van der Waals surface area contributed by atoms with Gasteiger partial charge < -0.3 is 9.47 Å². The fourth-order valence-electron chi connectivity index (χ4n) is 2.19. The van der Waals surface area contributed by atoms with E-state index in [-0.39, 0.29) is 11.7 Å². The number of amides is 1. The molecule has 2 rings (SSSR count). The Kier molecular flexibility index (Phi) is 6.97. The van der Waals surface area contributed by atoms with Crippen molar-refractivity contribution in [2.45, 2.75) is 25.9 Å². The minimum atomic E-state index is -0.224. The van der Waals surface area contributed by atoms with Crippen LogP contribution in [-0.2, 0) is 4.79 Å². The zero-order valence-corrected chi connectivity index (χ0v) is 16.3. The third kappa shape index (κ3) is 5.45. The number of nitrogens with zero attached hydrogens (tertiary/aromatic N) is 3. The average molecular weight is 374 g/mol. The first-order valence-electron chi connectivity index (χ1n) is 7.93. The van der Waals surface area contributed by atoms with Crippen LogP contribution in [0.25, 0.3) is 0 Å². The molecule has 138 valence electrons. The van der Waals surface area contributed by atoms with E-state index in [1.807, 2.05) is 39.0 Å². The monoisotopic (exact) mass is 374 g/mol. The normalized spacial score (nSPS) is 11.2. The maximum absolute atomic E-state index is 12.0. The van der Waals surface area contributed by atoms with Crippen molar-refractivity contribution in [3.63, 3.8) is 0 Å². The number of hydrogen-bond acceptors (Lipinski definition) is 7. The van der Waals surface area contributed by atoms with Gasteiger partial charge in [-0.05, 0) is 45.0 Å². The lowest BCUT2D eigenvalue weighted by molar-refractivity contribution is -0.118. The van der Waals surface area contributed by atoms with Crippen molar-refractivity contribution in [2.24, 2.45) is 5.10 Å². The standard InChI is InChI=1S/C18H22N4O3S/c1-11-8-12(2)20-18(19-11)26-10-17(23)22-21-13(3)14-6-7-15(24-4)16(9-14)25-5/h6-9H,10H2,1-5H3,(H,22,23). The van der Waals surface area contributed by atoms with Crippen molar-refractivity contribution in [3.8, 4) is 11.5 Å². The number of ether oxygens (including phenoxy) is 2. The molecule has 8 heteroatoms. The number of rotatable bonds is 7. The molecule has 1 aromatic heterocycles. The quantitative estimate of drug-likeness (QED) is 0.347. The van der Waals surface area contributed by atoms with Gasteiger partial charge in [-0.3, -0.25) is 4.79 Å². The Bertz CT molecular complexity index is 804. The van der Waals surface area contributed by atoms with E-state index in [1.54, 1.807) is 20.3 Å². The molecular weight excluding hydrogens is 352 g/mol. The highest BCUT2D eigenvalue weighted by molar-refractivity contribution is 7.99. The molecule has 0 spiro atoms. The van der Waals surface area contributed by atoms with Gasteiger partial charge in [0.1, 0.15) is 0 Å². The lowest BCUT2D eigenvalue weighted by Gasteiger charge is -2.09. The molecular formula is C18H22N4O3S. The Labute approximate surface area is 157 Å². The van der Waals surface area contributed by atoms with Gasteiger partial charge in [-0.25, -0.2) is 15.4 Å². The number of aromatic nitrogens is 2. The van der Waals surface area contributed by atoms with E-state index < -0.39 is 0 Å². The number of nitrogens with one attached hydrogen (secondary N) is 1. The van der Waals surface area contributed by atoms with E-state index in [0.29, 0.717) is 22.4 Å². The van der Waals surface area contributed by atoms with Gasteiger partial charge in [0.25, 0.3) is 5.91 Å². The van der Waals surface area contributed by atoms with E-state index in [1.165, 1.54) is 11.8 Å². The van der Waals surface area contributed by atoms with Crippen LogP contribution >= 0.6 is 11.8 Å². The Balaban J connectivity index is 1.96. The first kappa shape index (κ1) is 19.7. The van der Waals surface area contributed by atoms with Gasteiger partial charge in [0.05, 0.1) is 25.7 Å². The molecule has 7 nitrogen and oxygen atoms in total. The molecule has 1 aromatic carbocycles. The summed E-state index contributed by atoms with van der Waals surface area (Å²) < 4.78 is 10.5. The second-order valence-corrected chi connectivity index (χ2v) is 6.47. The van der Waals surface area contributed by atoms with Gasteiger partial charge in [-0.1, -0.05) is 11.8 Å². The summed E-state index contributed by atoms with van der Waals surface area (Å²) in [6, 6.07) is 7.34. The Morgan fingerprint density at radius 2 is 1.77 bits per heavy atom. The van der Waals surface area contributed by atoms with Gasteiger partial charge >= 0.3 is 0 Å². The van der Waals surface area contributed by atoms with Crippen molar-refractivity contribution >= 4 is 23.4 Å². The smallest absolute Gasteiger partial charge is 0.250 e. The summed E-state index contributed by atoms with van der Waals surface area (Å²) in [5.41, 5.74) is 5.79. The van der Waals surface area contributed by atoms with Crippen LogP contribution in [0.4, 0.5) is 0 Å². The second-order valence-electron chi connectivity index (χ2n) is 5.52. The molecule has 0 saturated carbocycles. The predicted molar refractivity (Wildman–Crippen MR) is 102 cm³/mol. The van der Waals surface area contributed by atoms with E-state index in [0.717, 1.165) is 17.0 Å². The first-order valence-corrected chi connectivity index (χ1v) is 8.92. The highest BCUT2D eigenvalue weighted by atomic mass is 32.2. The summed E-state index contributed by atoms with van der Waals surface area (Å²) in [5, 5.41) is 4.72. The van der Waals surface area contributed by atoms with Crippen molar-refractivity contribution in [1.29, 1.82) is 0 Å². The zero-order chi connectivity index (χ0) is 19.1. The summed E-state index contributed by atoms with van der Waals surface area (Å²) in [7, 11) is 3.15. The summed E-state index contributed by atoms with van der Waals surface area (Å²) in [4.78, 5) is 20.6. The zero-order valence-electron chi connectivity index (χ0n) is 15.5. The van der Waals surface area contributed by atoms with Crippen LogP contribution in [0.5, 0.6) is 11.5 Å². The van der Waals surface area contributed by atoms with Crippen LogP contribution < -0.4 is 14.9 Å². The summed E-state index contributed by atoms with van der Waals surface area (Å²) in [6.07, 6.45) is 0. The van der Waals surface area contributed by atoms with E-state index >= 15 is 0 Å². The van der Waals surface area contributed by atoms with Crippen LogP contribution in [0.15, 0.2) is 34.5 Å². The molecule has 0 atom stereocenters. The molecule has 0 fully saturated rings. The fourth-order valence-corrected chi connectivity index (χ4v) is 2.93.